The van der Waals surface area contributed by atoms with Gasteiger partial charge >= 0.3 is 0 Å². The molecular formula is C10H15ClN2O5S2. The van der Waals surface area contributed by atoms with Gasteiger partial charge in [-0.2, -0.15) is 4.31 Å². The van der Waals surface area contributed by atoms with E-state index in [4.69, 9.17) is 11.6 Å². The Hall–Kier alpha value is -0.740. The van der Waals surface area contributed by atoms with Gasteiger partial charge in [-0.15, -0.1) is 11.3 Å². The number of sulfonamides is 1. The van der Waals surface area contributed by atoms with E-state index in [2.05, 4.69) is 0 Å². The summed E-state index contributed by atoms with van der Waals surface area (Å²) in [5.41, 5.74) is -1.65. The zero-order chi connectivity index (χ0) is 15.7. The second kappa shape index (κ2) is 5.94. The number of rotatable bonds is 6. The molecule has 0 bridgehead atoms. The smallest absolute Gasteiger partial charge is 0.300 e. The maximum atomic E-state index is 12.4. The number of nitro groups is 1. The number of aliphatic hydroxyl groups is 1. The Labute approximate surface area is 126 Å². The normalized spacial score (nSPS) is 12.9. The molecule has 114 valence electrons. The Balaban J connectivity index is 3.21. The molecule has 0 saturated heterocycles. The van der Waals surface area contributed by atoms with Gasteiger partial charge in [-0.3, -0.25) is 10.1 Å². The number of hydrogen-bond donors (Lipinski definition) is 1. The van der Waals surface area contributed by atoms with Crippen molar-refractivity contribution in [1.29, 1.82) is 0 Å². The van der Waals surface area contributed by atoms with E-state index in [9.17, 15) is 23.6 Å². The molecule has 1 heterocycles. The van der Waals surface area contributed by atoms with Gasteiger partial charge in [-0.1, -0.05) is 18.5 Å². The molecule has 0 amide bonds. The van der Waals surface area contributed by atoms with Gasteiger partial charge in [0.1, 0.15) is 4.21 Å². The molecule has 1 aromatic heterocycles. The molecule has 0 unspecified atom stereocenters. The van der Waals surface area contributed by atoms with Crippen molar-refractivity contribution >= 4 is 38.6 Å². The van der Waals surface area contributed by atoms with Crippen molar-refractivity contribution in [2.75, 3.05) is 13.1 Å². The van der Waals surface area contributed by atoms with Gasteiger partial charge in [-0.05, 0) is 13.8 Å². The van der Waals surface area contributed by atoms with Crippen LogP contribution in [0.15, 0.2) is 10.3 Å². The van der Waals surface area contributed by atoms with Crippen molar-refractivity contribution in [2.24, 2.45) is 0 Å². The fraction of sp³-hybridized carbons (Fsp3) is 0.600. The van der Waals surface area contributed by atoms with E-state index >= 15 is 0 Å². The third kappa shape index (κ3) is 3.89. The highest BCUT2D eigenvalue weighted by Gasteiger charge is 2.32. The van der Waals surface area contributed by atoms with Gasteiger partial charge < -0.3 is 5.11 Å². The summed E-state index contributed by atoms with van der Waals surface area (Å²) in [5, 5.41) is 20.5. The van der Waals surface area contributed by atoms with Crippen molar-refractivity contribution < 1.29 is 18.4 Å². The molecule has 1 rings (SSSR count). The first-order valence-corrected chi connectivity index (χ1v) is 8.28. The van der Waals surface area contributed by atoms with Crippen LogP contribution < -0.4 is 0 Å². The number of hydrogen-bond acceptors (Lipinski definition) is 6. The molecule has 1 N–H and O–H groups in total. The molecule has 0 atom stereocenters. The van der Waals surface area contributed by atoms with Crippen molar-refractivity contribution in [3.05, 3.63) is 20.5 Å². The molecule has 7 nitrogen and oxygen atoms in total. The molecular weight excluding hydrogens is 328 g/mol. The van der Waals surface area contributed by atoms with E-state index < -0.39 is 26.2 Å². The van der Waals surface area contributed by atoms with E-state index in [0.29, 0.717) is 11.3 Å². The zero-order valence-corrected chi connectivity index (χ0v) is 13.5. The van der Waals surface area contributed by atoms with E-state index in [1.807, 2.05) is 0 Å². The molecule has 0 spiro atoms. The zero-order valence-electron chi connectivity index (χ0n) is 11.2. The predicted octanol–water partition coefficient (Wildman–Crippen LogP) is 2.09. The van der Waals surface area contributed by atoms with Gasteiger partial charge in [0, 0.05) is 19.2 Å². The highest BCUT2D eigenvalue weighted by Crippen LogP contribution is 2.37. The van der Waals surface area contributed by atoms with Gasteiger partial charge in [0.25, 0.3) is 15.7 Å². The summed E-state index contributed by atoms with van der Waals surface area (Å²) >= 11 is 6.30. The van der Waals surface area contributed by atoms with E-state index in [0.717, 1.165) is 10.4 Å². The van der Waals surface area contributed by atoms with E-state index in [1.54, 1.807) is 6.92 Å². The first-order chi connectivity index (χ1) is 8.99. The molecule has 0 aromatic carbocycles. The van der Waals surface area contributed by atoms with Crippen LogP contribution in [0.1, 0.15) is 20.8 Å². The molecule has 0 aliphatic rings. The van der Waals surface area contributed by atoms with Crippen LogP contribution in [0, 0.1) is 10.1 Å². The summed E-state index contributed by atoms with van der Waals surface area (Å²) in [6.07, 6.45) is 0. The lowest BCUT2D eigenvalue weighted by atomic mass is 10.1. The summed E-state index contributed by atoms with van der Waals surface area (Å²) in [6, 6.07) is 0.940. The van der Waals surface area contributed by atoms with Crippen molar-refractivity contribution in [3.8, 4) is 0 Å². The maximum absolute atomic E-state index is 12.4. The molecule has 10 heteroatoms. The van der Waals surface area contributed by atoms with Crippen LogP contribution in [0.4, 0.5) is 5.69 Å². The predicted molar refractivity (Wildman–Crippen MR) is 76.7 cm³/mol. The number of likely N-dealkylation sites (N-methyl/N-ethyl adjacent to an activating group) is 1. The molecule has 0 fully saturated rings. The number of halogens is 1. The fourth-order valence-electron chi connectivity index (χ4n) is 1.52. The lowest BCUT2D eigenvalue weighted by Gasteiger charge is -2.26. The summed E-state index contributed by atoms with van der Waals surface area (Å²) in [6.45, 7) is 4.60. The maximum Gasteiger partial charge on any atom is 0.300 e. The highest BCUT2D eigenvalue weighted by atomic mass is 35.5. The lowest BCUT2D eigenvalue weighted by molar-refractivity contribution is -0.384. The third-order valence-corrected chi connectivity index (χ3v) is 6.06. The van der Waals surface area contributed by atoms with Crippen molar-refractivity contribution in [1.82, 2.24) is 4.31 Å². The monoisotopic (exact) mass is 342 g/mol. The third-order valence-electron chi connectivity index (χ3n) is 2.35. The SMILES string of the molecule is CCN(CC(C)(C)O)S(=O)(=O)c1cc([N+](=O)[O-])c(Cl)s1. The Kier molecular flexibility index (Phi) is 5.14. The minimum Gasteiger partial charge on any atom is -0.389 e. The second-order valence-corrected chi connectivity index (χ2v) is 8.54. The summed E-state index contributed by atoms with van der Waals surface area (Å²) < 4.78 is 25.4. The van der Waals surface area contributed by atoms with Crippen LogP contribution >= 0.6 is 22.9 Å². The molecule has 0 aliphatic heterocycles. The largest absolute Gasteiger partial charge is 0.389 e. The van der Waals surface area contributed by atoms with Crippen LogP contribution in [0.25, 0.3) is 0 Å². The van der Waals surface area contributed by atoms with Crippen molar-refractivity contribution in [3.63, 3.8) is 0 Å². The summed E-state index contributed by atoms with van der Waals surface area (Å²) in [7, 11) is -3.92. The summed E-state index contributed by atoms with van der Waals surface area (Å²) in [4.78, 5) is 9.98. The van der Waals surface area contributed by atoms with Gasteiger partial charge in [0.2, 0.25) is 0 Å². The second-order valence-electron chi connectivity index (χ2n) is 4.73. The molecule has 0 radical (unpaired) electrons. The lowest BCUT2D eigenvalue weighted by Crippen LogP contribution is -2.41. The van der Waals surface area contributed by atoms with Crippen LogP contribution in [0.3, 0.4) is 0 Å². The van der Waals surface area contributed by atoms with E-state index in [-0.39, 0.29) is 21.6 Å². The van der Waals surface area contributed by atoms with Gasteiger partial charge in [0.15, 0.2) is 4.34 Å². The first kappa shape index (κ1) is 17.3. The average molecular weight is 343 g/mol. The van der Waals surface area contributed by atoms with Crippen LogP contribution in [0.2, 0.25) is 4.34 Å². The number of thiophene rings is 1. The standard InChI is InChI=1S/C10H15ClN2O5S2/c1-4-12(6-10(2,3)14)20(17,18)8-5-7(13(15)16)9(11)19-8/h5,14H,4,6H2,1-3H3. The molecule has 1 aromatic rings. The Morgan fingerprint density at radius 3 is 2.45 bits per heavy atom. The Morgan fingerprint density at radius 1 is 1.55 bits per heavy atom. The van der Waals surface area contributed by atoms with Gasteiger partial charge in [0.05, 0.1) is 10.5 Å². The number of nitrogens with zero attached hydrogens (tertiary/aromatic N) is 2. The quantitative estimate of drug-likeness (QED) is 0.630. The molecule has 20 heavy (non-hydrogen) atoms. The van der Waals surface area contributed by atoms with Crippen LogP contribution in [-0.4, -0.2) is 41.4 Å². The fourth-order valence-corrected chi connectivity index (χ4v) is 4.94. The van der Waals surface area contributed by atoms with Crippen LogP contribution in [0.5, 0.6) is 0 Å². The highest BCUT2D eigenvalue weighted by molar-refractivity contribution is 7.91. The molecule has 0 saturated carbocycles. The van der Waals surface area contributed by atoms with E-state index in [1.165, 1.54) is 13.8 Å². The Morgan fingerprint density at radius 2 is 2.10 bits per heavy atom. The van der Waals surface area contributed by atoms with Crippen molar-refractivity contribution in [2.45, 2.75) is 30.6 Å². The van der Waals surface area contributed by atoms with Gasteiger partial charge in [-0.25, -0.2) is 8.42 Å². The summed E-state index contributed by atoms with van der Waals surface area (Å²) in [5.74, 6) is 0. The minimum atomic E-state index is -3.92. The van der Waals surface area contributed by atoms with Crippen LogP contribution in [-0.2, 0) is 10.0 Å². The molecule has 0 aliphatic carbocycles. The minimum absolute atomic E-state index is 0.116. The topological polar surface area (TPSA) is 101 Å². The Bertz CT molecular complexity index is 606. The first-order valence-electron chi connectivity index (χ1n) is 5.65. The average Bonchev–Trinajstić information content (AvgIpc) is 2.67.